The fourth-order valence-corrected chi connectivity index (χ4v) is 6.36. The van der Waals surface area contributed by atoms with Gasteiger partial charge in [-0.05, 0) is 48.7 Å². The van der Waals surface area contributed by atoms with Gasteiger partial charge in [0.25, 0.3) is 0 Å². The van der Waals surface area contributed by atoms with Crippen molar-refractivity contribution in [2.24, 2.45) is 28.6 Å². The van der Waals surface area contributed by atoms with Crippen LogP contribution >= 0.6 is 0 Å². The molecule has 1 aliphatic heterocycles. The van der Waals surface area contributed by atoms with Gasteiger partial charge in [-0.3, -0.25) is 4.79 Å². The molecule has 0 aromatic heterocycles. The summed E-state index contributed by atoms with van der Waals surface area (Å²) in [5.74, 6) is -0.379. The number of carbonyl (C=O) groups is 1. The van der Waals surface area contributed by atoms with Gasteiger partial charge in [0.05, 0.1) is 0 Å². The Hall–Kier alpha value is -0.970. The van der Waals surface area contributed by atoms with Gasteiger partial charge in [-0.1, -0.05) is 26.0 Å². The van der Waals surface area contributed by atoms with Gasteiger partial charge < -0.3 is 14.9 Å². The lowest BCUT2D eigenvalue weighted by Gasteiger charge is -2.55. The monoisotopic (exact) mass is 316 g/mol. The minimum atomic E-state index is -1.55. The van der Waals surface area contributed by atoms with E-state index in [9.17, 15) is 15.0 Å². The summed E-state index contributed by atoms with van der Waals surface area (Å²) in [7, 11) is 0. The summed E-state index contributed by atoms with van der Waals surface area (Å²) in [6.45, 7) is 4.29. The highest BCUT2D eigenvalue weighted by molar-refractivity contribution is 5.98. The number of allylic oxidation sites excluding steroid dienone is 2. The second kappa shape index (κ2) is 3.98. The van der Waals surface area contributed by atoms with E-state index in [4.69, 9.17) is 4.74 Å². The number of aliphatic hydroxyl groups is 2. The third-order valence-corrected chi connectivity index (χ3v) is 7.99. The number of rotatable bonds is 0. The van der Waals surface area contributed by atoms with E-state index in [0.29, 0.717) is 24.2 Å². The van der Waals surface area contributed by atoms with Gasteiger partial charge in [0.15, 0.2) is 11.6 Å². The Kier molecular flexibility index (Phi) is 2.49. The lowest BCUT2D eigenvalue weighted by atomic mass is 9.49. The van der Waals surface area contributed by atoms with Crippen LogP contribution in [0.25, 0.3) is 0 Å². The molecule has 124 valence electrons. The van der Waals surface area contributed by atoms with E-state index < -0.39 is 11.2 Å². The van der Waals surface area contributed by atoms with Crippen LogP contribution in [-0.2, 0) is 9.53 Å². The van der Waals surface area contributed by atoms with Gasteiger partial charge in [0, 0.05) is 17.3 Å². The normalized spacial score (nSPS) is 55.4. The second-order valence-corrected chi connectivity index (χ2v) is 8.72. The van der Waals surface area contributed by atoms with Crippen molar-refractivity contribution >= 4 is 5.78 Å². The van der Waals surface area contributed by atoms with E-state index in [2.05, 4.69) is 19.1 Å². The Morgan fingerprint density at radius 2 is 1.91 bits per heavy atom. The van der Waals surface area contributed by atoms with E-state index in [-0.39, 0.29) is 23.4 Å². The molecule has 23 heavy (non-hydrogen) atoms. The Bertz CT molecular complexity index is 662. The maximum atomic E-state index is 12.0. The zero-order chi connectivity index (χ0) is 16.2. The molecule has 0 aromatic carbocycles. The second-order valence-electron chi connectivity index (χ2n) is 8.72. The summed E-state index contributed by atoms with van der Waals surface area (Å²) in [4.78, 5) is 12.0. The topological polar surface area (TPSA) is 70.1 Å². The van der Waals surface area contributed by atoms with Crippen molar-refractivity contribution in [2.45, 2.75) is 57.5 Å². The molecule has 4 nitrogen and oxygen atoms in total. The molecule has 7 atom stereocenters. The molecular weight excluding hydrogens is 292 g/mol. The first kappa shape index (κ1) is 14.4. The summed E-state index contributed by atoms with van der Waals surface area (Å²) in [6, 6.07) is 0. The van der Waals surface area contributed by atoms with Crippen LogP contribution < -0.4 is 0 Å². The highest BCUT2D eigenvalue weighted by Crippen LogP contribution is 2.67. The first-order chi connectivity index (χ1) is 10.8. The first-order valence-corrected chi connectivity index (χ1v) is 8.83. The molecule has 1 saturated heterocycles. The molecule has 0 unspecified atom stereocenters. The Morgan fingerprint density at radius 3 is 2.70 bits per heavy atom. The Morgan fingerprint density at radius 1 is 1.17 bits per heavy atom. The number of fused-ring (bicyclic) bond motifs is 7. The molecule has 1 heterocycles. The standard InChI is InChI=1S/C19H24O4/c1-17-7-5-13-11(12(17)6-8-19(17,21)22)4-3-10-9-14(20)15-16(23-15)18(10,13)2/h3-4,9,11-13,15-16,21-22H,5-8H2,1-2H3/t11-,12-,13-,15-,16-,17-,18-/m0/s1. The Balaban J connectivity index is 1.59. The van der Waals surface area contributed by atoms with E-state index >= 15 is 0 Å². The van der Waals surface area contributed by atoms with Crippen molar-refractivity contribution in [1.82, 2.24) is 0 Å². The van der Waals surface area contributed by atoms with Gasteiger partial charge >= 0.3 is 0 Å². The predicted molar refractivity (Wildman–Crippen MR) is 83.2 cm³/mol. The molecule has 2 saturated carbocycles. The third-order valence-electron chi connectivity index (χ3n) is 7.99. The number of epoxide rings is 1. The molecule has 0 spiro atoms. The van der Waals surface area contributed by atoms with Gasteiger partial charge in [-0.25, -0.2) is 0 Å². The van der Waals surface area contributed by atoms with Gasteiger partial charge in [-0.15, -0.1) is 0 Å². The maximum Gasteiger partial charge on any atom is 0.187 e. The number of carbonyl (C=O) groups excluding carboxylic acids is 1. The van der Waals surface area contributed by atoms with E-state index in [1.165, 1.54) is 0 Å². The SMILES string of the molecule is C[C@@]12C(=CC(=O)[C@@H]3O[C@@H]31)C=C[C@@H]1[C@@H]2CC[C@@]2(C)[C@H]1CCC2(O)O. The van der Waals surface area contributed by atoms with Crippen molar-refractivity contribution in [3.63, 3.8) is 0 Å². The number of hydrogen-bond donors (Lipinski definition) is 2. The van der Waals surface area contributed by atoms with E-state index in [1.54, 1.807) is 6.08 Å². The molecule has 3 fully saturated rings. The summed E-state index contributed by atoms with van der Waals surface area (Å²) in [5, 5.41) is 21.0. The predicted octanol–water partition coefficient (Wildman–Crippen LogP) is 1.96. The van der Waals surface area contributed by atoms with Crippen LogP contribution in [0.15, 0.2) is 23.8 Å². The largest absolute Gasteiger partial charge is 0.365 e. The highest BCUT2D eigenvalue weighted by Gasteiger charge is 2.68. The summed E-state index contributed by atoms with van der Waals surface area (Å²) in [5.41, 5.74) is 0.586. The van der Waals surface area contributed by atoms with Crippen molar-refractivity contribution in [1.29, 1.82) is 0 Å². The summed E-state index contributed by atoms with van der Waals surface area (Å²) >= 11 is 0. The molecular formula is C19H24O4. The van der Waals surface area contributed by atoms with Crippen molar-refractivity contribution in [3.8, 4) is 0 Å². The van der Waals surface area contributed by atoms with Crippen LogP contribution in [0.4, 0.5) is 0 Å². The van der Waals surface area contributed by atoms with Crippen molar-refractivity contribution in [2.75, 3.05) is 0 Å². The zero-order valence-electron chi connectivity index (χ0n) is 13.7. The smallest absolute Gasteiger partial charge is 0.187 e. The minimum Gasteiger partial charge on any atom is -0.365 e. The minimum absolute atomic E-state index is 0.0196. The fraction of sp³-hybridized carbons (Fsp3) is 0.737. The first-order valence-electron chi connectivity index (χ1n) is 8.83. The van der Waals surface area contributed by atoms with Crippen LogP contribution in [0.5, 0.6) is 0 Å². The van der Waals surface area contributed by atoms with Gasteiger partial charge in [0.1, 0.15) is 12.2 Å². The zero-order valence-corrected chi connectivity index (χ0v) is 13.7. The van der Waals surface area contributed by atoms with Crippen LogP contribution in [0.2, 0.25) is 0 Å². The molecule has 2 N–H and O–H groups in total. The molecule has 4 aliphatic carbocycles. The van der Waals surface area contributed by atoms with Crippen molar-refractivity contribution in [3.05, 3.63) is 23.8 Å². The Labute approximate surface area is 136 Å². The summed E-state index contributed by atoms with van der Waals surface area (Å²) in [6.07, 6.45) is 9.02. The van der Waals surface area contributed by atoms with E-state index in [0.717, 1.165) is 24.8 Å². The molecule has 0 radical (unpaired) electrons. The van der Waals surface area contributed by atoms with E-state index in [1.807, 2.05) is 6.92 Å². The summed E-state index contributed by atoms with van der Waals surface area (Å²) < 4.78 is 5.75. The average Bonchev–Trinajstić information content (AvgIpc) is 3.25. The number of ketones is 1. The van der Waals surface area contributed by atoms with Crippen LogP contribution in [0, 0.1) is 28.6 Å². The molecule has 0 bridgehead atoms. The molecule has 5 aliphatic rings. The lowest BCUT2D eigenvalue weighted by molar-refractivity contribution is -0.244. The highest BCUT2D eigenvalue weighted by atomic mass is 16.6. The van der Waals surface area contributed by atoms with Crippen LogP contribution in [0.1, 0.15) is 39.5 Å². The lowest BCUT2D eigenvalue weighted by Crippen LogP contribution is -2.55. The molecule has 0 aromatic rings. The maximum absolute atomic E-state index is 12.0. The quantitative estimate of drug-likeness (QED) is 0.529. The van der Waals surface area contributed by atoms with Crippen LogP contribution in [0.3, 0.4) is 0 Å². The number of hydrogen-bond acceptors (Lipinski definition) is 4. The van der Waals surface area contributed by atoms with Gasteiger partial charge in [-0.2, -0.15) is 0 Å². The van der Waals surface area contributed by atoms with Crippen molar-refractivity contribution < 1.29 is 19.7 Å². The average molecular weight is 316 g/mol. The van der Waals surface area contributed by atoms with Gasteiger partial charge in [0.2, 0.25) is 0 Å². The number of ether oxygens (including phenoxy) is 1. The third kappa shape index (κ3) is 1.51. The molecule has 4 heteroatoms. The molecule has 0 amide bonds. The fourth-order valence-electron chi connectivity index (χ4n) is 6.36. The van der Waals surface area contributed by atoms with Crippen LogP contribution in [-0.4, -0.2) is 34.0 Å². The molecule has 5 rings (SSSR count).